The minimum atomic E-state index is -0.341. The third-order valence-electron chi connectivity index (χ3n) is 4.46. The van der Waals surface area contributed by atoms with Gasteiger partial charge in [-0.1, -0.05) is 6.07 Å². The lowest BCUT2D eigenvalue weighted by molar-refractivity contribution is 0.0924. The number of carbonyl (C=O) groups excluding carboxylic acids is 1. The fourth-order valence-electron chi connectivity index (χ4n) is 3.01. The predicted octanol–water partition coefficient (Wildman–Crippen LogP) is 3.54. The van der Waals surface area contributed by atoms with Crippen molar-refractivity contribution < 1.29 is 13.9 Å². The Labute approximate surface area is 168 Å². The fraction of sp³-hybridized carbons (Fsp3) is 0.100. The Morgan fingerprint density at radius 2 is 2.14 bits per heavy atom. The molecule has 0 aliphatic rings. The lowest BCUT2D eigenvalue weighted by Crippen LogP contribution is -2.23. The van der Waals surface area contributed by atoms with E-state index >= 15 is 0 Å². The number of methoxy groups -OCH3 is 1. The van der Waals surface area contributed by atoms with Crippen molar-refractivity contribution in [3.05, 3.63) is 65.5 Å². The number of amides is 1. The summed E-state index contributed by atoms with van der Waals surface area (Å²) in [5.41, 5.74) is 2.06. The first-order valence-corrected chi connectivity index (χ1v) is 9.70. The lowest BCUT2D eigenvalue weighted by atomic mass is 10.2. The SMILES string of the molecule is COc1ccc2oc(C(=O)NCc3nnc4ccc(-c5cccs5)nn34)cc2c1. The van der Waals surface area contributed by atoms with E-state index in [1.165, 1.54) is 0 Å². The lowest BCUT2D eigenvalue weighted by Gasteiger charge is -2.03. The molecule has 0 bridgehead atoms. The second-order valence-corrected chi connectivity index (χ2v) is 7.23. The second kappa shape index (κ2) is 7.02. The molecular weight excluding hydrogens is 390 g/mol. The van der Waals surface area contributed by atoms with E-state index in [9.17, 15) is 4.79 Å². The summed E-state index contributed by atoms with van der Waals surface area (Å²) in [5, 5.41) is 18.5. The number of nitrogens with one attached hydrogen (secondary N) is 1. The van der Waals surface area contributed by atoms with Gasteiger partial charge in [0, 0.05) is 5.39 Å². The zero-order valence-electron chi connectivity index (χ0n) is 15.3. The van der Waals surface area contributed by atoms with Gasteiger partial charge in [0.25, 0.3) is 5.91 Å². The predicted molar refractivity (Wildman–Crippen MR) is 108 cm³/mol. The van der Waals surface area contributed by atoms with Crippen molar-refractivity contribution in [2.45, 2.75) is 6.54 Å². The van der Waals surface area contributed by atoms with Gasteiger partial charge < -0.3 is 14.5 Å². The van der Waals surface area contributed by atoms with Crippen molar-refractivity contribution in [3.63, 3.8) is 0 Å². The summed E-state index contributed by atoms with van der Waals surface area (Å²) in [6.07, 6.45) is 0. The molecule has 0 unspecified atom stereocenters. The molecule has 4 heterocycles. The quantitative estimate of drug-likeness (QED) is 0.481. The normalized spacial score (nSPS) is 11.2. The molecule has 0 saturated heterocycles. The van der Waals surface area contributed by atoms with E-state index in [0.29, 0.717) is 22.8 Å². The van der Waals surface area contributed by atoms with E-state index < -0.39 is 0 Å². The molecule has 144 valence electrons. The second-order valence-electron chi connectivity index (χ2n) is 6.28. The van der Waals surface area contributed by atoms with E-state index in [4.69, 9.17) is 9.15 Å². The topological polar surface area (TPSA) is 94.5 Å². The molecule has 29 heavy (non-hydrogen) atoms. The zero-order chi connectivity index (χ0) is 19.8. The van der Waals surface area contributed by atoms with Gasteiger partial charge in [-0.3, -0.25) is 4.79 Å². The smallest absolute Gasteiger partial charge is 0.287 e. The molecule has 0 atom stereocenters. The van der Waals surface area contributed by atoms with Crippen LogP contribution in [0.15, 0.2) is 58.3 Å². The van der Waals surface area contributed by atoms with Crippen molar-refractivity contribution in [2.24, 2.45) is 0 Å². The molecule has 1 N–H and O–H groups in total. The number of fused-ring (bicyclic) bond motifs is 2. The van der Waals surface area contributed by atoms with E-state index in [1.807, 2.05) is 35.7 Å². The third-order valence-corrected chi connectivity index (χ3v) is 5.35. The van der Waals surface area contributed by atoms with Gasteiger partial charge in [0.05, 0.1) is 18.5 Å². The Kier molecular flexibility index (Phi) is 4.21. The van der Waals surface area contributed by atoms with Crippen LogP contribution < -0.4 is 10.1 Å². The van der Waals surface area contributed by atoms with Crippen LogP contribution in [0.3, 0.4) is 0 Å². The van der Waals surface area contributed by atoms with Gasteiger partial charge >= 0.3 is 0 Å². The maximum Gasteiger partial charge on any atom is 0.287 e. The van der Waals surface area contributed by atoms with Crippen LogP contribution in [-0.2, 0) is 6.54 Å². The Hall–Kier alpha value is -3.72. The summed E-state index contributed by atoms with van der Waals surface area (Å²) in [5.74, 6) is 1.11. The summed E-state index contributed by atoms with van der Waals surface area (Å²) in [4.78, 5) is 13.6. The zero-order valence-corrected chi connectivity index (χ0v) is 16.1. The molecular formula is C20H15N5O3S. The molecule has 5 rings (SSSR count). The van der Waals surface area contributed by atoms with Gasteiger partial charge in [0.2, 0.25) is 0 Å². The van der Waals surface area contributed by atoms with Gasteiger partial charge in [-0.2, -0.15) is 9.61 Å². The van der Waals surface area contributed by atoms with Crippen molar-refractivity contribution in [2.75, 3.05) is 7.11 Å². The van der Waals surface area contributed by atoms with E-state index in [-0.39, 0.29) is 18.2 Å². The van der Waals surface area contributed by atoms with Crippen molar-refractivity contribution in [1.29, 1.82) is 0 Å². The highest BCUT2D eigenvalue weighted by Crippen LogP contribution is 2.24. The molecule has 8 nitrogen and oxygen atoms in total. The van der Waals surface area contributed by atoms with Crippen LogP contribution in [0.25, 0.3) is 27.2 Å². The van der Waals surface area contributed by atoms with Crippen LogP contribution in [0.4, 0.5) is 0 Å². The minimum Gasteiger partial charge on any atom is -0.497 e. The highest BCUT2D eigenvalue weighted by atomic mass is 32.1. The number of furan rings is 1. The minimum absolute atomic E-state index is 0.168. The molecule has 0 spiro atoms. The molecule has 0 fully saturated rings. The molecule has 0 aliphatic heterocycles. The first-order chi connectivity index (χ1) is 14.2. The van der Waals surface area contributed by atoms with Crippen LogP contribution in [-0.4, -0.2) is 32.8 Å². The number of ether oxygens (including phenoxy) is 1. The first-order valence-electron chi connectivity index (χ1n) is 8.82. The molecule has 5 aromatic rings. The number of rotatable bonds is 5. The van der Waals surface area contributed by atoms with Gasteiger partial charge in [-0.25, -0.2) is 0 Å². The molecule has 1 amide bonds. The number of hydrogen-bond acceptors (Lipinski definition) is 7. The maximum absolute atomic E-state index is 12.5. The third kappa shape index (κ3) is 3.21. The van der Waals surface area contributed by atoms with Crippen LogP contribution in [0.1, 0.15) is 16.4 Å². The summed E-state index contributed by atoms with van der Waals surface area (Å²) >= 11 is 1.61. The fourth-order valence-corrected chi connectivity index (χ4v) is 3.70. The number of thiophene rings is 1. The molecule has 1 aromatic carbocycles. The standard InChI is InChI=1S/C20H15N5O3S/c1-27-13-4-6-15-12(9-13)10-16(28-15)20(26)21-11-19-23-22-18-7-5-14(24-25(18)19)17-3-2-8-29-17/h2-10H,11H2,1H3,(H,21,26). The molecule has 0 radical (unpaired) electrons. The number of aromatic nitrogens is 4. The Bertz CT molecular complexity index is 1320. The molecule has 0 aliphatic carbocycles. The van der Waals surface area contributed by atoms with Crippen molar-refractivity contribution in [1.82, 2.24) is 25.1 Å². The first kappa shape index (κ1) is 17.4. The Morgan fingerprint density at radius 3 is 2.97 bits per heavy atom. The Balaban J connectivity index is 1.37. The Morgan fingerprint density at radius 1 is 1.21 bits per heavy atom. The summed E-state index contributed by atoms with van der Waals surface area (Å²) < 4.78 is 12.5. The average molecular weight is 405 g/mol. The van der Waals surface area contributed by atoms with Crippen LogP contribution in [0.2, 0.25) is 0 Å². The maximum atomic E-state index is 12.5. The number of nitrogens with zero attached hydrogens (tertiary/aromatic N) is 4. The average Bonchev–Trinajstić information content (AvgIpc) is 3.50. The van der Waals surface area contributed by atoms with Crippen molar-refractivity contribution >= 4 is 33.9 Å². The van der Waals surface area contributed by atoms with Crippen LogP contribution in [0.5, 0.6) is 5.75 Å². The van der Waals surface area contributed by atoms with Crippen LogP contribution >= 0.6 is 11.3 Å². The van der Waals surface area contributed by atoms with Crippen LogP contribution in [0, 0.1) is 0 Å². The summed E-state index contributed by atoms with van der Waals surface area (Å²) in [7, 11) is 1.59. The monoisotopic (exact) mass is 405 g/mol. The molecule has 0 saturated carbocycles. The largest absolute Gasteiger partial charge is 0.497 e. The highest BCUT2D eigenvalue weighted by molar-refractivity contribution is 7.13. The molecule has 9 heteroatoms. The van der Waals surface area contributed by atoms with E-state index in [0.717, 1.165) is 16.0 Å². The highest BCUT2D eigenvalue weighted by Gasteiger charge is 2.15. The van der Waals surface area contributed by atoms with Gasteiger partial charge in [0.15, 0.2) is 17.2 Å². The summed E-state index contributed by atoms with van der Waals surface area (Å²) in [6, 6.07) is 14.8. The molecule has 4 aromatic heterocycles. The van der Waals surface area contributed by atoms with Crippen molar-refractivity contribution in [3.8, 4) is 16.3 Å². The van der Waals surface area contributed by atoms with Gasteiger partial charge in [-0.15, -0.1) is 21.5 Å². The van der Waals surface area contributed by atoms with Gasteiger partial charge in [-0.05, 0) is 47.8 Å². The van der Waals surface area contributed by atoms with Gasteiger partial charge in [0.1, 0.15) is 17.0 Å². The number of hydrogen-bond donors (Lipinski definition) is 1. The summed E-state index contributed by atoms with van der Waals surface area (Å²) in [6.45, 7) is 0.168. The number of benzene rings is 1. The van der Waals surface area contributed by atoms with E-state index in [1.54, 1.807) is 41.2 Å². The van der Waals surface area contributed by atoms with E-state index in [2.05, 4.69) is 20.6 Å². The number of carbonyl (C=O) groups is 1.